The molecule has 26 heavy (non-hydrogen) atoms. The van der Waals surface area contributed by atoms with Crippen LogP contribution in [-0.2, 0) is 16.1 Å². The minimum Gasteiger partial charge on any atom is -0.508 e. The number of aryl methyl sites for hydroxylation is 1. The summed E-state index contributed by atoms with van der Waals surface area (Å²) in [6.07, 6.45) is 1.50. The van der Waals surface area contributed by atoms with Crippen LogP contribution in [-0.4, -0.2) is 22.2 Å². The van der Waals surface area contributed by atoms with Crippen LogP contribution in [0.2, 0.25) is 0 Å². The maximum absolute atomic E-state index is 12.6. The molecule has 0 atom stereocenters. The SMILES string of the molecule is CCOC(=O)/C(C#N)=c1\s/c(=C\Nc2cc(O)ccc2C)c(=O)n1CC. The molecule has 2 aromatic rings. The van der Waals surface area contributed by atoms with E-state index in [1.807, 2.05) is 13.0 Å². The number of aromatic nitrogens is 1. The van der Waals surface area contributed by atoms with Crippen LogP contribution in [0.1, 0.15) is 19.4 Å². The van der Waals surface area contributed by atoms with Crippen molar-refractivity contribution in [2.75, 3.05) is 11.9 Å². The van der Waals surface area contributed by atoms with Gasteiger partial charge in [-0.25, -0.2) is 4.79 Å². The minimum absolute atomic E-state index is 0.103. The summed E-state index contributed by atoms with van der Waals surface area (Å²) in [5.74, 6) is -0.645. The van der Waals surface area contributed by atoms with Crippen molar-refractivity contribution in [2.24, 2.45) is 0 Å². The van der Waals surface area contributed by atoms with E-state index >= 15 is 0 Å². The first-order chi connectivity index (χ1) is 12.4. The Morgan fingerprint density at radius 2 is 2.19 bits per heavy atom. The number of anilines is 1. The lowest BCUT2D eigenvalue weighted by atomic mass is 10.2. The van der Waals surface area contributed by atoms with Crippen LogP contribution < -0.4 is 20.1 Å². The normalized spacial score (nSPS) is 12.5. The van der Waals surface area contributed by atoms with E-state index in [-0.39, 0.29) is 28.2 Å². The summed E-state index contributed by atoms with van der Waals surface area (Å²) in [6, 6.07) is 6.70. The van der Waals surface area contributed by atoms with E-state index < -0.39 is 5.97 Å². The monoisotopic (exact) mass is 373 g/mol. The van der Waals surface area contributed by atoms with Crippen molar-refractivity contribution >= 4 is 34.8 Å². The Labute approximate surface area is 154 Å². The zero-order chi connectivity index (χ0) is 19.3. The molecule has 0 unspecified atom stereocenters. The number of rotatable bonds is 5. The molecule has 8 heteroatoms. The van der Waals surface area contributed by atoms with Crippen molar-refractivity contribution < 1.29 is 14.6 Å². The Hall–Kier alpha value is -3.05. The van der Waals surface area contributed by atoms with Crippen LogP contribution in [0.4, 0.5) is 5.69 Å². The van der Waals surface area contributed by atoms with Gasteiger partial charge in [-0.15, -0.1) is 11.3 Å². The highest BCUT2D eigenvalue weighted by Crippen LogP contribution is 2.20. The van der Waals surface area contributed by atoms with Gasteiger partial charge in [0.2, 0.25) is 0 Å². The number of phenolic OH excluding ortho intramolecular Hbond substituents is 1. The van der Waals surface area contributed by atoms with Crippen LogP contribution >= 0.6 is 11.3 Å². The molecule has 0 aliphatic carbocycles. The number of nitrogens with one attached hydrogen (secondary N) is 1. The Balaban J connectivity index is 2.61. The van der Waals surface area contributed by atoms with Crippen LogP contribution in [0.15, 0.2) is 23.0 Å². The molecule has 0 fully saturated rings. The Morgan fingerprint density at radius 3 is 2.81 bits per heavy atom. The Kier molecular flexibility index (Phi) is 6.20. The van der Waals surface area contributed by atoms with E-state index in [1.54, 1.807) is 32.0 Å². The van der Waals surface area contributed by atoms with Crippen LogP contribution in [0.5, 0.6) is 5.75 Å². The molecule has 0 radical (unpaired) electrons. The molecule has 1 aromatic carbocycles. The van der Waals surface area contributed by atoms with E-state index in [1.165, 1.54) is 10.8 Å². The molecular weight excluding hydrogens is 354 g/mol. The second-order valence-corrected chi connectivity index (χ2v) is 6.35. The number of hydrogen-bond acceptors (Lipinski definition) is 7. The summed E-state index contributed by atoms with van der Waals surface area (Å²) in [6.45, 7) is 5.72. The van der Waals surface area contributed by atoms with E-state index in [0.29, 0.717) is 16.8 Å². The number of phenols is 1. The van der Waals surface area contributed by atoms with Crippen molar-refractivity contribution in [2.45, 2.75) is 27.3 Å². The van der Waals surface area contributed by atoms with E-state index in [2.05, 4.69) is 5.32 Å². The Bertz CT molecular complexity index is 1040. The molecule has 0 amide bonds. The van der Waals surface area contributed by atoms with Gasteiger partial charge < -0.3 is 15.2 Å². The second kappa shape index (κ2) is 8.36. The highest BCUT2D eigenvalue weighted by atomic mass is 32.1. The van der Waals surface area contributed by atoms with Gasteiger partial charge in [-0.3, -0.25) is 9.36 Å². The summed E-state index contributed by atoms with van der Waals surface area (Å²) in [5.41, 5.74) is 1.04. The summed E-state index contributed by atoms with van der Waals surface area (Å²) in [5, 5.41) is 21.9. The highest BCUT2D eigenvalue weighted by Gasteiger charge is 2.16. The van der Waals surface area contributed by atoms with Crippen LogP contribution in [0.25, 0.3) is 11.8 Å². The predicted octanol–water partition coefficient (Wildman–Crippen LogP) is 1.03. The molecule has 0 saturated carbocycles. The van der Waals surface area contributed by atoms with Crippen molar-refractivity contribution in [1.82, 2.24) is 4.57 Å². The van der Waals surface area contributed by atoms with Crippen molar-refractivity contribution in [3.8, 4) is 11.8 Å². The van der Waals surface area contributed by atoms with E-state index in [0.717, 1.165) is 16.9 Å². The van der Waals surface area contributed by atoms with Gasteiger partial charge in [0.05, 0.1) is 6.61 Å². The minimum atomic E-state index is -0.748. The first kappa shape index (κ1) is 19.3. The average Bonchev–Trinajstić information content (AvgIpc) is 2.92. The number of aromatic hydroxyl groups is 1. The van der Waals surface area contributed by atoms with Gasteiger partial charge in [-0.1, -0.05) is 6.07 Å². The van der Waals surface area contributed by atoms with Gasteiger partial charge in [0.1, 0.15) is 21.0 Å². The predicted molar refractivity (Wildman–Crippen MR) is 100 cm³/mol. The third kappa shape index (κ3) is 3.95. The average molecular weight is 373 g/mol. The molecule has 1 aromatic heterocycles. The molecule has 0 saturated heterocycles. The molecular formula is C18H19N3O4S. The quantitative estimate of drug-likeness (QED) is 0.759. The number of carbonyl (C=O) groups is 1. The number of thiazole rings is 1. The molecule has 0 spiro atoms. The topological polar surface area (TPSA) is 104 Å². The largest absolute Gasteiger partial charge is 0.508 e. The maximum atomic E-state index is 12.6. The second-order valence-electron chi connectivity index (χ2n) is 5.32. The van der Waals surface area contributed by atoms with Gasteiger partial charge in [-0.05, 0) is 32.4 Å². The van der Waals surface area contributed by atoms with Crippen molar-refractivity contribution in [3.63, 3.8) is 0 Å². The number of nitrogens with zero attached hydrogens (tertiary/aromatic N) is 2. The standard InChI is InChI=1S/C18H19N3O4S/c1-4-21-16(23)15(10-20-14-8-12(22)7-6-11(14)3)26-17(21)13(9-19)18(24)25-5-2/h6-8,10,20,22H,4-5H2,1-3H3/b15-10-,17-13-. The summed E-state index contributed by atoms with van der Waals surface area (Å²) >= 11 is 1.04. The summed E-state index contributed by atoms with van der Waals surface area (Å²) in [7, 11) is 0. The lowest BCUT2D eigenvalue weighted by Crippen LogP contribution is -2.32. The van der Waals surface area contributed by atoms with Crippen molar-refractivity contribution in [3.05, 3.63) is 43.3 Å². The number of benzene rings is 1. The lowest BCUT2D eigenvalue weighted by Gasteiger charge is -2.04. The fourth-order valence-electron chi connectivity index (χ4n) is 2.29. The molecule has 0 bridgehead atoms. The van der Waals surface area contributed by atoms with E-state index in [9.17, 15) is 20.0 Å². The summed E-state index contributed by atoms with van der Waals surface area (Å²) < 4.78 is 6.86. The van der Waals surface area contributed by atoms with E-state index in [4.69, 9.17) is 4.74 Å². The fraction of sp³-hybridized carbons (Fsp3) is 0.278. The first-order valence-corrected chi connectivity index (χ1v) is 8.82. The zero-order valence-electron chi connectivity index (χ0n) is 14.7. The molecule has 0 aliphatic rings. The number of nitriles is 1. The fourth-order valence-corrected chi connectivity index (χ4v) is 3.36. The molecule has 7 nitrogen and oxygen atoms in total. The van der Waals surface area contributed by atoms with Gasteiger partial charge in [0, 0.05) is 24.5 Å². The number of ether oxygens (including phenoxy) is 1. The molecule has 1 heterocycles. The number of esters is 1. The third-order valence-electron chi connectivity index (χ3n) is 3.61. The molecule has 0 aliphatic heterocycles. The smallest absolute Gasteiger partial charge is 0.351 e. The zero-order valence-corrected chi connectivity index (χ0v) is 15.5. The number of carbonyl (C=O) groups excluding carboxylic acids is 1. The third-order valence-corrected chi connectivity index (χ3v) is 4.74. The molecule has 2 rings (SSSR count). The lowest BCUT2D eigenvalue weighted by molar-refractivity contribution is -0.136. The number of hydrogen-bond donors (Lipinski definition) is 2. The first-order valence-electron chi connectivity index (χ1n) is 8.00. The molecule has 2 N–H and O–H groups in total. The Morgan fingerprint density at radius 1 is 1.46 bits per heavy atom. The van der Waals surface area contributed by atoms with Crippen LogP contribution in [0, 0.1) is 18.3 Å². The van der Waals surface area contributed by atoms with Crippen LogP contribution in [0.3, 0.4) is 0 Å². The van der Waals surface area contributed by atoms with Gasteiger partial charge in [0.25, 0.3) is 5.56 Å². The highest BCUT2D eigenvalue weighted by molar-refractivity contribution is 7.07. The van der Waals surface area contributed by atoms with Crippen molar-refractivity contribution in [1.29, 1.82) is 5.26 Å². The summed E-state index contributed by atoms with van der Waals surface area (Å²) in [4.78, 5) is 24.6. The maximum Gasteiger partial charge on any atom is 0.351 e. The van der Waals surface area contributed by atoms with Gasteiger partial charge in [0.15, 0.2) is 5.57 Å². The van der Waals surface area contributed by atoms with Gasteiger partial charge in [-0.2, -0.15) is 5.26 Å². The van der Waals surface area contributed by atoms with Gasteiger partial charge >= 0.3 is 5.97 Å². The molecule has 136 valence electrons.